The standard InChI is InChI=1S/C18H26O5S3.K.H/c19-26(20,21)10-8-14(18-7-4-9-25-18)5-2-1-3-6-15-11-22-16-12-24-13-17(16)23-15;;/h4,9,12-15,18H,1-3,5-8,10-11H2,(H,19,20,21);;. The Balaban J connectivity index is 0.00000261. The third kappa shape index (κ3) is 8.29. The normalized spacial score (nSPS) is 22.4. The van der Waals surface area contributed by atoms with Crippen LogP contribution in [-0.2, 0) is 10.1 Å². The summed E-state index contributed by atoms with van der Waals surface area (Å²) < 4.78 is 42.8. The van der Waals surface area contributed by atoms with Crippen LogP contribution in [0.15, 0.2) is 22.2 Å². The SMILES string of the molecule is O=S(=O)(O)CCC(CCCCCC1COc2cscc2O1)C1CC=CS1.[KH]. The number of thioether (sulfide) groups is 1. The van der Waals surface area contributed by atoms with Crippen molar-refractivity contribution in [3.05, 3.63) is 22.2 Å². The van der Waals surface area contributed by atoms with Gasteiger partial charge in [0.1, 0.15) is 12.7 Å². The molecule has 3 atom stereocenters. The zero-order valence-corrected chi connectivity index (χ0v) is 17.2. The van der Waals surface area contributed by atoms with Crippen molar-refractivity contribution >= 4 is 84.6 Å². The topological polar surface area (TPSA) is 72.8 Å². The van der Waals surface area contributed by atoms with E-state index in [0.29, 0.717) is 24.2 Å². The van der Waals surface area contributed by atoms with Gasteiger partial charge in [0.15, 0.2) is 11.5 Å². The molecule has 0 aliphatic carbocycles. The van der Waals surface area contributed by atoms with Crippen LogP contribution in [0.4, 0.5) is 0 Å². The molecule has 27 heavy (non-hydrogen) atoms. The molecule has 0 spiro atoms. The number of allylic oxidation sites excluding steroid dienone is 1. The number of fused-ring (bicyclic) bond motifs is 1. The summed E-state index contributed by atoms with van der Waals surface area (Å²) in [4.78, 5) is 0. The summed E-state index contributed by atoms with van der Waals surface area (Å²) in [6, 6.07) is 0. The molecule has 3 rings (SSSR count). The van der Waals surface area contributed by atoms with Crippen molar-refractivity contribution in [3.8, 4) is 11.5 Å². The van der Waals surface area contributed by atoms with Crippen molar-refractivity contribution in [1.82, 2.24) is 0 Å². The Kier molecular flexibility index (Phi) is 10.7. The molecular formula is C18H27KO5S3. The number of thiophene rings is 1. The van der Waals surface area contributed by atoms with Gasteiger partial charge in [0.25, 0.3) is 10.1 Å². The van der Waals surface area contributed by atoms with Crippen molar-refractivity contribution in [3.63, 3.8) is 0 Å². The number of hydrogen-bond acceptors (Lipinski definition) is 6. The van der Waals surface area contributed by atoms with Gasteiger partial charge < -0.3 is 9.47 Å². The van der Waals surface area contributed by atoms with Crippen LogP contribution in [0.2, 0.25) is 0 Å². The third-order valence-electron chi connectivity index (χ3n) is 4.90. The molecule has 9 heteroatoms. The first-order valence-electron chi connectivity index (χ1n) is 9.12. The van der Waals surface area contributed by atoms with Crippen molar-refractivity contribution in [2.75, 3.05) is 12.4 Å². The first-order chi connectivity index (χ1) is 12.5. The van der Waals surface area contributed by atoms with Crippen LogP contribution >= 0.6 is 23.1 Å². The summed E-state index contributed by atoms with van der Waals surface area (Å²) in [5.74, 6) is 1.92. The summed E-state index contributed by atoms with van der Waals surface area (Å²) in [7, 11) is -3.88. The van der Waals surface area contributed by atoms with Crippen LogP contribution in [0.3, 0.4) is 0 Å². The van der Waals surface area contributed by atoms with Crippen LogP contribution in [-0.4, -0.2) is 88.1 Å². The van der Waals surface area contributed by atoms with E-state index in [1.165, 1.54) is 0 Å². The van der Waals surface area contributed by atoms with Gasteiger partial charge in [0.2, 0.25) is 0 Å². The van der Waals surface area contributed by atoms with E-state index < -0.39 is 10.1 Å². The van der Waals surface area contributed by atoms with Crippen molar-refractivity contribution in [2.45, 2.75) is 56.3 Å². The first-order valence-corrected chi connectivity index (χ1v) is 12.6. The van der Waals surface area contributed by atoms with Crippen molar-refractivity contribution < 1.29 is 22.4 Å². The minimum atomic E-state index is -3.88. The minimum absolute atomic E-state index is 0. The van der Waals surface area contributed by atoms with E-state index in [1.807, 2.05) is 10.8 Å². The second-order valence-electron chi connectivity index (χ2n) is 6.91. The van der Waals surface area contributed by atoms with Crippen LogP contribution in [0.1, 0.15) is 44.9 Å². The number of ether oxygens (including phenoxy) is 2. The Labute approximate surface area is 212 Å². The van der Waals surface area contributed by atoms with E-state index in [-0.39, 0.29) is 63.2 Å². The Morgan fingerprint density at radius 2 is 2.00 bits per heavy atom. The van der Waals surface area contributed by atoms with Crippen molar-refractivity contribution in [2.24, 2.45) is 5.92 Å². The van der Waals surface area contributed by atoms with Gasteiger partial charge in [-0.2, -0.15) is 8.42 Å². The van der Waals surface area contributed by atoms with Crippen LogP contribution in [0.25, 0.3) is 0 Å². The average molecular weight is 459 g/mol. The van der Waals surface area contributed by atoms with Gasteiger partial charge in [-0.3, -0.25) is 4.55 Å². The molecule has 2 aliphatic rings. The van der Waals surface area contributed by atoms with Crippen LogP contribution in [0.5, 0.6) is 11.5 Å². The van der Waals surface area contributed by atoms with Crippen LogP contribution in [0, 0.1) is 5.92 Å². The van der Waals surface area contributed by atoms with E-state index in [0.717, 1.165) is 50.0 Å². The molecule has 1 aromatic rings. The first kappa shape index (κ1) is 24.2. The van der Waals surface area contributed by atoms with Gasteiger partial charge >= 0.3 is 51.4 Å². The molecule has 3 unspecified atom stereocenters. The Morgan fingerprint density at radius 1 is 1.19 bits per heavy atom. The fraction of sp³-hybridized carbons (Fsp3) is 0.667. The summed E-state index contributed by atoms with van der Waals surface area (Å²) >= 11 is 3.38. The molecule has 3 heterocycles. The average Bonchev–Trinajstić information content (AvgIpc) is 3.27. The number of unbranched alkanes of at least 4 members (excludes halogenated alkanes) is 2. The van der Waals surface area contributed by atoms with E-state index in [1.54, 1.807) is 23.1 Å². The molecule has 0 saturated carbocycles. The molecule has 5 nitrogen and oxygen atoms in total. The number of hydrogen-bond donors (Lipinski definition) is 1. The maximum atomic E-state index is 11.1. The quantitative estimate of drug-likeness (QED) is 0.323. The van der Waals surface area contributed by atoms with Gasteiger partial charge in [-0.1, -0.05) is 18.9 Å². The van der Waals surface area contributed by atoms with Gasteiger partial charge in [-0.05, 0) is 43.4 Å². The zero-order valence-electron chi connectivity index (χ0n) is 14.7. The maximum absolute atomic E-state index is 11.1. The molecule has 2 aliphatic heterocycles. The zero-order chi connectivity index (χ0) is 18.4. The van der Waals surface area contributed by atoms with E-state index in [9.17, 15) is 8.42 Å². The molecule has 0 amide bonds. The fourth-order valence-electron chi connectivity index (χ4n) is 3.48. The molecule has 0 fully saturated rings. The van der Waals surface area contributed by atoms with Gasteiger partial charge in [0, 0.05) is 16.0 Å². The predicted octanol–water partition coefficient (Wildman–Crippen LogP) is 4.10. The predicted molar refractivity (Wildman–Crippen MR) is 114 cm³/mol. The van der Waals surface area contributed by atoms with E-state index in [4.69, 9.17) is 14.0 Å². The second kappa shape index (κ2) is 12.0. The van der Waals surface area contributed by atoms with Crippen LogP contribution < -0.4 is 9.47 Å². The summed E-state index contributed by atoms with van der Waals surface area (Å²) in [5.41, 5.74) is 0. The summed E-state index contributed by atoms with van der Waals surface area (Å²) in [6.45, 7) is 0.616. The third-order valence-corrected chi connectivity index (χ3v) is 7.63. The van der Waals surface area contributed by atoms with E-state index in [2.05, 4.69) is 11.5 Å². The molecule has 0 bridgehead atoms. The van der Waals surface area contributed by atoms with Gasteiger partial charge in [-0.15, -0.1) is 23.1 Å². The molecule has 1 aromatic heterocycles. The Bertz CT molecular complexity index is 696. The van der Waals surface area contributed by atoms with Gasteiger partial charge in [-0.25, -0.2) is 0 Å². The van der Waals surface area contributed by atoms with E-state index >= 15 is 0 Å². The monoisotopic (exact) mass is 458 g/mol. The fourth-order valence-corrected chi connectivity index (χ4v) is 5.89. The summed E-state index contributed by atoms with van der Waals surface area (Å²) in [6.07, 6.45) is 9.05. The Hall–Kier alpha value is 0.936. The second-order valence-corrected chi connectivity index (χ2v) is 10.4. The summed E-state index contributed by atoms with van der Waals surface area (Å²) in [5, 5.41) is 6.50. The molecule has 0 saturated heterocycles. The number of rotatable bonds is 10. The van der Waals surface area contributed by atoms with Crippen molar-refractivity contribution in [1.29, 1.82) is 0 Å². The molecule has 1 N–H and O–H groups in total. The molecule has 0 aromatic carbocycles. The molecule has 148 valence electrons. The molecule has 0 radical (unpaired) electrons. The molecular weight excluding hydrogens is 431 g/mol. The van der Waals surface area contributed by atoms with Gasteiger partial charge in [0.05, 0.1) is 5.75 Å². The Morgan fingerprint density at radius 3 is 2.74 bits per heavy atom.